The highest BCUT2D eigenvalue weighted by atomic mass is 32.2. The van der Waals surface area contributed by atoms with Gasteiger partial charge < -0.3 is 10.1 Å². The monoisotopic (exact) mass is 477 g/mol. The summed E-state index contributed by atoms with van der Waals surface area (Å²) < 4.78 is 30.4. The van der Waals surface area contributed by atoms with Crippen molar-refractivity contribution in [3.8, 4) is 5.75 Å². The predicted octanol–water partition coefficient (Wildman–Crippen LogP) is -0.158. The number of benzene rings is 1. The van der Waals surface area contributed by atoms with E-state index in [0.717, 1.165) is 11.8 Å². The molecule has 12 heteroatoms. The van der Waals surface area contributed by atoms with Gasteiger partial charge in [0.2, 0.25) is 10.0 Å². The molecule has 0 unspecified atom stereocenters. The quantitative estimate of drug-likeness (QED) is 0.334. The van der Waals surface area contributed by atoms with Crippen molar-refractivity contribution in [3.63, 3.8) is 0 Å². The normalized spacial score (nSPS) is 16.1. The third-order valence-electron chi connectivity index (χ3n) is 5.32. The molecule has 3 N–H and O–H groups in total. The molecule has 0 aliphatic carbocycles. The van der Waals surface area contributed by atoms with Gasteiger partial charge in [-0.3, -0.25) is 24.7 Å². The molecule has 0 radical (unpaired) electrons. The Hall–Kier alpha value is -3.06. The fourth-order valence-electron chi connectivity index (χ4n) is 3.45. The number of sulfonamides is 1. The maximum absolute atomic E-state index is 12.6. The summed E-state index contributed by atoms with van der Waals surface area (Å²) >= 11 is 0. The van der Waals surface area contributed by atoms with Crippen molar-refractivity contribution < 1.29 is 28.0 Å². The lowest BCUT2D eigenvalue weighted by Crippen LogP contribution is -2.58. The maximum atomic E-state index is 12.6. The van der Waals surface area contributed by atoms with Crippen molar-refractivity contribution in [2.45, 2.75) is 12.6 Å². The first-order chi connectivity index (χ1) is 15.8. The number of rotatable bonds is 9. The smallest absolute Gasteiger partial charge is 0.262 e. The minimum atomic E-state index is -3.31. The van der Waals surface area contributed by atoms with Crippen molar-refractivity contribution in [2.75, 3.05) is 39.0 Å². The van der Waals surface area contributed by atoms with Gasteiger partial charge >= 0.3 is 0 Å². The van der Waals surface area contributed by atoms with E-state index in [9.17, 15) is 18.0 Å². The molecule has 1 aromatic carbocycles. The Morgan fingerprint density at radius 2 is 1.73 bits per heavy atom. The average Bonchev–Trinajstić information content (AvgIpc) is 2.83. The molecule has 2 heterocycles. The van der Waals surface area contributed by atoms with E-state index in [2.05, 4.69) is 10.3 Å². The Morgan fingerprint density at radius 1 is 1.09 bits per heavy atom. The van der Waals surface area contributed by atoms with Crippen LogP contribution in [0.3, 0.4) is 0 Å². The highest BCUT2D eigenvalue weighted by Crippen LogP contribution is 2.15. The Kier molecular flexibility index (Phi) is 8.33. The fraction of sp³-hybridized carbons (Fsp3) is 0.381. The highest BCUT2D eigenvalue weighted by molar-refractivity contribution is 7.88. The second-order valence-electron chi connectivity index (χ2n) is 7.57. The number of hydrogen-bond acceptors (Lipinski definition) is 8. The topological polar surface area (TPSA) is 141 Å². The largest absolute Gasteiger partial charge is 0.489 e. The van der Waals surface area contributed by atoms with Crippen LogP contribution in [-0.2, 0) is 21.4 Å². The van der Waals surface area contributed by atoms with Crippen molar-refractivity contribution in [1.29, 1.82) is 0 Å². The summed E-state index contributed by atoms with van der Waals surface area (Å²) in [5, 5.41) is 11.8. The zero-order valence-corrected chi connectivity index (χ0v) is 19.0. The fourth-order valence-corrected chi connectivity index (χ4v) is 4.28. The molecule has 1 saturated heterocycles. The lowest BCUT2D eigenvalue weighted by molar-refractivity contribution is -0.135. The summed E-state index contributed by atoms with van der Waals surface area (Å²) in [6.07, 6.45) is 4.50. The molecule has 2 aromatic rings. The van der Waals surface area contributed by atoms with E-state index in [4.69, 9.17) is 9.94 Å². The number of amides is 2. The van der Waals surface area contributed by atoms with Crippen molar-refractivity contribution >= 4 is 21.8 Å². The Bertz CT molecular complexity index is 1040. The van der Waals surface area contributed by atoms with Gasteiger partial charge in [-0.1, -0.05) is 0 Å². The molecule has 1 aliphatic rings. The van der Waals surface area contributed by atoms with Crippen molar-refractivity contribution in [1.82, 2.24) is 25.0 Å². The number of hydrogen-bond donors (Lipinski definition) is 3. The number of pyridine rings is 1. The molecule has 1 fully saturated rings. The van der Waals surface area contributed by atoms with E-state index < -0.39 is 22.0 Å². The number of nitrogens with zero attached hydrogens (tertiary/aromatic N) is 3. The Balaban J connectivity index is 1.54. The van der Waals surface area contributed by atoms with E-state index in [1.807, 2.05) is 12.1 Å². The molecule has 1 aliphatic heterocycles. The number of hydroxylamine groups is 1. The van der Waals surface area contributed by atoms with Crippen LogP contribution in [0.25, 0.3) is 0 Å². The summed E-state index contributed by atoms with van der Waals surface area (Å²) in [6, 6.07) is 9.44. The molecule has 178 valence electrons. The van der Waals surface area contributed by atoms with Crippen LogP contribution in [0.15, 0.2) is 48.8 Å². The first kappa shape index (κ1) is 24.6. The number of aromatic nitrogens is 1. The van der Waals surface area contributed by atoms with Gasteiger partial charge in [0.05, 0.1) is 6.26 Å². The minimum absolute atomic E-state index is 0.0512. The lowest BCUT2D eigenvalue weighted by Gasteiger charge is -2.37. The van der Waals surface area contributed by atoms with Gasteiger partial charge in [-0.05, 0) is 42.0 Å². The number of carbonyl (C=O) groups excluding carboxylic acids is 2. The second kappa shape index (κ2) is 11.2. The van der Waals surface area contributed by atoms with Crippen LogP contribution in [-0.4, -0.2) is 84.6 Å². The summed E-state index contributed by atoms with van der Waals surface area (Å²) in [7, 11) is -3.31. The summed E-state index contributed by atoms with van der Waals surface area (Å²) in [5.74, 6) is -0.464. The van der Waals surface area contributed by atoms with Crippen LogP contribution >= 0.6 is 0 Å². The van der Waals surface area contributed by atoms with Gasteiger partial charge in [0.1, 0.15) is 18.4 Å². The van der Waals surface area contributed by atoms with Gasteiger partial charge in [0, 0.05) is 50.7 Å². The third kappa shape index (κ3) is 6.96. The van der Waals surface area contributed by atoms with Crippen molar-refractivity contribution in [3.05, 3.63) is 59.9 Å². The number of ether oxygens (including phenoxy) is 1. The van der Waals surface area contributed by atoms with Gasteiger partial charge in [0.25, 0.3) is 11.8 Å². The van der Waals surface area contributed by atoms with Crippen LogP contribution in [0.2, 0.25) is 0 Å². The predicted molar refractivity (Wildman–Crippen MR) is 119 cm³/mol. The number of carbonyl (C=O) groups is 2. The van der Waals surface area contributed by atoms with Crippen LogP contribution in [0.5, 0.6) is 5.75 Å². The standard InChI is InChI=1S/C21H27N5O6S/c1-33(30,31)26-12-10-25(11-13-26)19(21(28)24-29)14-23-20(27)17-2-4-18(5-3-17)32-15-16-6-8-22-9-7-16/h2-9,19,29H,10-15H2,1H3,(H,23,27)(H,24,28)/t19-/m0/s1. The first-order valence-electron chi connectivity index (χ1n) is 10.3. The lowest BCUT2D eigenvalue weighted by atomic mass is 10.1. The summed E-state index contributed by atoms with van der Waals surface area (Å²) in [5.41, 5.74) is 2.97. The molecule has 11 nitrogen and oxygen atoms in total. The van der Waals surface area contributed by atoms with E-state index >= 15 is 0 Å². The molecule has 0 spiro atoms. The van der Waals surface area contributed by atoms with E-state index in [1.165, 1.54) is 4.31 Å². The third-order valence-corrected chi connectivity index (χ3v) is 6.63. The molecule has 1 atom stereocenters. The first-order valence-corrected chi connectivity index (χ1v) is 12.2. The average molecular weight is 478 g/mol. The Labute approximate surface area is 192 Å². The minimum Gasteiger partial charge on any atom is -0.489 e. The van der Waals surface area contributed by atoms with Crippen LogP contribution in [0, 0.1) is 0 Å². The molecular weight excluding hydrogens is 450 g/mol. The number of piperazine rings is 1. The SMILES string of the molecule is CS(=O)(=O)N1CCN([C@@H](CNC(=O)c2ccc(OCc3ccncc3)cc2)C(=O)NO)CC1. The van der Waals surface area contributed by atoms with Crippen LogP contribution < -0.4 is 15.5 Å². The summed E-state index contributed by atoms with van der Waals surface area (Å²) in [4.78, 5) is 30.4. The molecule has 33 heavy (non-hydrogen) atoms. The maximum Gasteiger partial charge on any atom is 0.262 e. The van der Waals surface area contributed by atoms with Crippen molar-refractivity contribution in [2.24, 2.45) is 0 Å². The van der Waals surface area contributed by atoms with Gasteiger partial charge in [-0.2, -0.15) is 4.31 Å². The van der Waals surface area contributed by atoms with Gasteiger partial charge in [0.15, 0.2) is 0 Å². The second-order valence-corrected chi connectivity index (χ2v) is 9.55. The van der Waals surface area contributed by atoms with Gasteiger partial charge in [-0.15, -0.1) is 0 Å². The molecule has 1 aromatic heterocycles. The molecular formula is C21H27N5O6S. The molecule has 2 amide bonds. The number of nitrogens with one attached hydrogen (secondary N) is 2. The molecule has 3 rings (SSSR count). The Morgan fingerprint density at radius 3 is 2.30 bits per heavy atom. The van der Waals surface area contributed by atoms with E-state index in [0.29, 0.717) is 31.0 Å². The zero-order valence-electron chi connectivity index (χ0n) is 18.2. The zero-order chi connectivity index (χ0) is 23.8. The van der Waals surface area contributed by atoms with E-state index in [-0.39, 0.29) is 25.5 Å². The van der Waals surface area contributed by atoms with Crippen LogP contribution in [0.1, 0.15) is 15.9 Å². The summed E-state index contributed by atoms with van der Waals surface area (Å²) in [6.45, 7) is 1.37. The van der Waals surface area contributed by atoms with Gasteiger partial charge in [-0.25, -0.2) is 13.9 Å². The molecule has 0 saturated carbocycles. The van der Waals surface area contributed by atoms with Crippen LogP contribution in [0.4, 0.5) is 0 Å². The highest BCUT2D eigenvalue weighted by Gasteiger charge is 2.31. The molecule has 0 bridgehead atoms. The van der Waals surface area contributed by atoms with E-state index in [1.54, 1.807) is 47.0 Å².